The fourth-order valence-corrected chi connectivity index (χ4v) is 3.22. The first kappa shape index (κ1) is 15.3. The molecule has 1 nitrogen and oxygen atoms in total. The molecule has 0 N–H and O–H groups in total. The van der Waals surface area contributed by atoms with Gasteiger partial charge in [0, 0.05) is 0 Å². The molecule has 20 heavy (non-hydrogen) atoms. The van der Waals surface area contributed by atoms with E-state index in [9.17, 15) is 4.39 Å². The van der Waals surface area contributed by atoms with Crippen LogP contribution in [0.1, 0.15) is 46.0 Å². The van der Waals surface area contributed by atoms with Gasteiger partial charge in [-0.1, -0.05) is 44.9 Å². The van der Waals surface area contributed by atoms with E-state index in [1.54, 1.807) is 0 Å². The molecule has 1 aliphatic carbocycles. The molecule has 0 aliphatic heterocycles. The average molecular weight is 278 g/mol. The van der Waals surface area contributed by atoms with E-state index in [1.165, 1.54) is 25.7 Å². The zero-order valence-corrected chi connectivity index (χ0v) is 12.7. The number of ether oxygens (including phenoxy) is 1. The van der Waals surface area contributed by atoms with Crippen molar-refractivity contribution in [2.24, 2.45) is 17.8 Å². The van der Waals surface area contributed by atoms with Crippen LogP contribution in [0.2, 0.25) is 0 Å². The highest BCUT2D eigenvalue weighted by molar-refractivity contribution is 5.20. The summed E-state index contributed by atoms with van der Waals surface area (Å²) in [5.41, 5.74) is 0. The maximum atomic E-state index is 14.0. The normalized spacial score (nSPS) is 25.9. The van der Waals surface area contributed by atoms with E-state index in [4.69, 9.17) is 4.74 Å². The minimum absolute atomic E-state index is 0.178. The third kappa shape index (κ3) is 4.81. The monoisotopic (exact) mass is 278 g/mol. The minimum Gasteiger partial charge on any atom is -0.491 e. The van der Waals surface area contributed by atoms with Crippen molar-refractivity contribution in [2.45, 2.75) is 52.1 Å². The maximum absolute atomic E-state index is 14.0. The highest BCUT2D eigenvalue weighted by atomic mass is 19.1. The van der Waals surface area contributed by atoms with Crippen LogP contribution in [-0.4, -0.2) is 12.8 Å². The molecular formula is C18H27FO. The van der Waals surface area contributed by atoms with Gasteiger partial charge in [0.25, 0.3) is 0 Å². The molecule has 1 aromatic rings. The van der Waals surface area contributed by atoms with Crippen molar-refractivity contribution >= 4 is 0 Å². The molecule has 0 bridgehead atoms. The van der Waals surface area contributed by atoms with Gasteiger partial charge >= 0.3 is 0 Å². The second-order valence-corrected chi connectivity index (χ2v) is 6.45. The van der Waals surface area contributed by atoms with E-state index in [0.29, 0.717) is 18.3 Å². The van der Waals surface area contributed by atoms with Gasteiger partial charge in [-0.3, -0.25) is 0 Å². The molecule has 1 aromatic carbocycles. The van der Waals surface area contributed by atoms with Crippen molar-refractivity contribution < 1.29 is 9.13 Å². The van der Waals surface area contributed by atoms with Gasteiger partial charge < -0.3 is 4.74 Å². The Morgan fingerprint density at radius 2 is 1.80 bits per heavy atom. The van der Waals surface area contributed by atoms with E-state index >= 15 is 0 Å². The molecule has 1 aliphatic rings. The zero-order valence-electron chi connectivity index (χ0n) is 12.7. The van der Waals surface area contributed by atoms with E-state index in [2.05, 4.69) is 13.8 Å². The smallest absolute Gasteiger partial charge is 0.134 e. The third-order valence-corrected chi connectivity index (χ3v) is 4.67. The Balaban J connectivity index is 1.69. The van der Waals surface area contributed by atoms with Crippen LogP contribution in [0.25, 0.3) is 0 Å². The SMILES string of the molecule is CC1CCC(C(C)CC(F)COc2ccccc2)CC1. The summed E-state index contributed by atoms with van der Waals surface area (Å²) in [4.78, 5) is 0. The summed E-state index contributed by atoms with van der Waals surface area (Å²) < 4.78 is 19.5. The number of benzene rings is 1. The molecule has 2 rings (SSSR count). The number of hydrogen-bond donors (Lipinski definition) is 0. The van der Waals surface area contributed by atoms with Gasteiger partial charge in [0.2, 0.25) is 0 Å². The van der Waals surface area contributed by atoms with E-state index in [0.717, 1.165) is 11.7 Å². The Kier molecular flexibility index (Phi) is 5.87. The molecule has 2 atom stereocenters. The lowest BCUT2D eigenvalue weighted by Gasteiger charge is -2.31. The molecular weight excluding hydrogens is 251 g/mol. The molecule has 0 radical (unpaired) electrons. The van der Waals surface area contributed by atoms with Crippen molar-refractivity contribution in [1.29, 1.82) is 0 Å². The van der Waals surface area contributed by atoms with Crippen LogP contribution in [0.5, 0.6) is 5.75 Å². The second-order valence-electron chi connectivity index (χ2n) is 6.45. The Hall–Kier alpha value is -1.05. The number of para-hydroxylation sites is 1. The van der Waals surface area contributed by atoms with Crippen molar-refractivity contribution in [1.82, 2.24) is 0 Å². The third-order valence-electron chi connectivity index (χ3n) is 4.67. The van der Waals surface area contributed by atoms with Crippen LogP contribution < -0.4 is 4.74 Å². The fraction of sp³-hybridized carbons (Fsp3) is 0.667. The van der Waals surface area contributed by atoms with Gasteiger partial charge in [-0.25, -0.2) is 4.39 Å². The van der Waals surface area contributed by atoms with E-state index in [1.807, 2.05) is 30.3 Å². The van der Waals surface area contributed by atoms with Gasteiger partial charge in [-0.05, 0) is 49.1 Å². The number of hydrogen-bond acceptors (Lipinski definition) is 1. The van der Waals surface area contributed by atoms with E-state index in [-0.39, 0.29) is 6.61 Å². The summed E-state index contributed by atoms with van der Waals surface area (Å²) in [6, 6.07) is 9.51. The van der Waals surface area contributed by atoms with Gasteiger partial charge in [0.1, 0.15) is 18.5 Å². The largest absolute Gasteiger partial charge is 0.491 e. The molecule has 112 valence electrons. The Morgan fingerprint density at radius 1 is 1.15 bits per heavy atom. The lowest BCUT2D eigenvalue weighted by molar-refractivity contribution is 0.136. The topological polar surface area (TPSA) is 9.23 Å². The molecule has 2 unspecified atom stereocenters. The summed E-state index contributed by atoms with van der Waals surface area (Å²) in [5.74, 6) is 2.80. The van der Waals surface area contributed by atoms with Crippen molar-refractivity contribution in [3.63, 3.8) is 0 Å². The standard InChI is InChI=1S/C18H27FO/c1-14-8-10-16(11-9-14)15(2)12-17(19)13-20-18-6-4-3-5-7-18/h3-7,14-17H,8-13H2,1-2H3. The van der Waals surface area contributed by atoms with Crippen LogP contribution in [0, 0.1) is 17.8 Å². The number of alkyl halides is 1. The van der Waals surface area contributed by atoms with Crippen LogP contribution in [0.3, 0.4) is 0 Å². The van der Waals surface area contributed by atoms with Crippen molar-refractivity contribution in [3.8, 4) is 5.75 Å². The van der Waals surface area contributed by atoms with Crippen LogP contribution >= 0.6 is 0 Å². The Bertz CT molecular complexity index is 370. The highest BCUT2D eigenvalue weighted by Crippen LogP contribution is 2.35. The lowest BCUT2D eigenvalue weighted by Crippen LogP contribution is -2.24. The summed E-state index contributed by atoms with van der Waals surface area (Å²) in [6.45, 7) is 4.71. The first-order valence-electron chi connectivity index (χ1n) is 7.97. The average Bonchev–Trinajstić information content (AvgIpc) is 2.47. The quantitative estimate of drug-likeness (QED) is 0.690. The summed E-state index contributed by atoms with van der Waals surface area (Å²) in [6.07, 6.45) is 4.94. The molecule has 0 aromatic heterocycles. The van der Waals surface area contributed by atoms with Crippen molar-refractivity contribution in [3.05, 3.63) is 30.3 Å². The second kappa shape index (κ2) is 7.66. The first-order valence-corrected chi connectivity index (χ1v) is 7.97. The summed E-state index contributed by atoms with van der Waals surface area (Å²) >= 11 is 0. The molecule has 0 spiro atoms. The number of halogens is 1. The Labute approximate surface area is 122 Å². The van der Waals surface area contributed by atoms with Gasteiger partial charge in [0.15, 0.2) is 0 Å². The van der Waals surface area contributed by atoms with Gasteiger partial charge in [0.05, 0.1) is 0 Å². The minimum atomic E-state index is -0.857. The van der Waals surface area contributed by atoms with Gasteiger partial charge in [-0.15, -0.1) is 0 Å². The van der Waals surface area contributed by atoms with Gasteiger partial charge in [-0.2, -0.15) is 0 Å². The summed E-state index contributed by atoms with van der Waals surface area (Å²) in [5, 5.41) is 0. The van der Waals surface area contributed by atoms with Crippen LogP contribution in [0.15, 0.2) is 30.3 Å². The highest BCUT2D eigenvalue weighted by Gasteiger charge is 2.25. The molecule has 0 amide bonds. The zero-order chi connectivity index (χ0) is 14.4. The fourth-order valence-electron chi connectivity index (χ4n) is 3.22. The molecule has 1 saturated carbocycles. The van der Waals surface area contributed by atoms with Crippen LogP contribution in [0.4, 0.5) is 4.39 Å². The molecule has 2 heteroatoms. The number of rotatable bonds is 6. The molecule has 0 saturated heterocycles. The van der Waals surface area contributed by atoms with Crippen molar-refractivity contribution in [2.75, 3.05) is 6.61 Å². The van der Waals surface area contributed by atoms with E-state index < -0.39 is 6.17 Å². The first-order chi connectivity index (χ1) is 9.65. The predicted octanol–water partition coefficient (Wildman–Crippen LogP) is 5.26. The maximum Gasteiger partial charge on any atom is 0.134 e. The molecule has 0 heterocycles. The Morgan fingerprint density at radius 3 is 2.45 bits per heavy atom. The molecule has 1 fully saturated rings. The lowest BCUT2D eigenvalue weighted by atomic mass is 9.75. The summed E-state index contributed by atoms with van der Waals surface area (Å²) in [7, 11) is 0. The van der Waals surface area contributed by atoms with Crippen LogP contribution in [-0.2, 0) is 0 Å². The predicted molar refractivity (Wildman–Crippen MR) is 81.7 cm³/mol.